The van der Waals surface area contributed by atoms with Crippen molar-refractivity contribution in [1.29, 1.82) is 0 Å². The summed E-state index contributed by atoms with van der Waals surface area (Å²) in [5.74, 6) is 0.244. The van der Waals surface area contributed by atoms with Gasteiger partial charge in [0.05, 0.1) is 24.2 Å². The molecule has 0 aliphatic carbocycles. The van der Waals surface area contributed by atoms with E-state index in [0.717, 1.165) is 8.04 Å². The minimum absolute atomic E-state index is 0.0893. The van der Waals surface area contributed by atoms with Crippen LogP contribution in [0.2, 0.25) is 0 Å². The van der Waals surface area contributed by atoms with Crippen molar-refractivity contribution in [1.82, 2.24) is 9.13 Å². The fraction of sp³-hybridized carbons (Fsp3) is 0.0435. The molecule has 1 heterocycles. The number of azo groups is 1. The summed E-state index contributed by atoms with van der Waals surface area (Å²) in [5, 5.41) is 19.3. The van der Waals surface area contributed by atoms with E-state index >= 15 is 0 Å². The van der Waals surface area contributed by atoms with Gasteiger partial charge < -0.3 is 9.84 Å². The van der Waals surface area contributed by atoms with Crippen molar-refractivity contribution in [2.45, 2.75) is 0 Å². The van der Waals surface area contributed by atoms with Crippen molar-refractivity contribution in [3.05, 3.63) is 96.0 Å². The fourth-order valence-electron chi connectivity index (χ4n) is 3.07. The first-order valence-corrected chi connectivity index (χ1v) is 11.9. The molecule has 4 aromatic rings. The van der Waals surface area contributed by atoms with Crippen molar-refractivity contribution in [2.75, 3.05) is 7.11 Å². The Bertz CT molecular complexity index is 1450. The van der Waals surface area contributed by atoms with E-state index in [-0.39, 0.29) is 10.5 Å². The molecular weight excluding hydrogens is 619 g/mol. The Morgan fingerprint density at radius 1 is 0.909 bits per heavy atom. The van der Waals surface area contributed by atoms with Gasteiger partial charge in [-0.25, -0.2) is 0 Å². The highest BCUT2D eigenvalue weighted by molar-refractivity contribution is 14.1. The molecule has 0 spiro atoms. The second-order valence-corrected chi connectivity index (χ2v) is 9.31. The van der Waals surface area contributed by atoms with Crippen LogP contribution in [0.5, 0.6) is 11.6 Å². The van der Waals surface area contributed by atoms with Gasteiger partial charge in [-0.3, -0.25) is 13.9 Å². The molecule has 1 aromatic heterocycles. The molecule has 0 amide bonds. The first-order chi connectivity index (χ1) is 15.9. The van der Waals surface area contributed by atoms with E-state index in [2.05, 4.69) is 48.7 Å². The van der Waals surface area contributed by atoms with Crippen molar-refractivity contribution < 1.29 is 9.84 Å². The molecular formula is C23H16BrIN4O3S. The minimum Gasteiger partial charge on any atom is -0.497 e. The molecule has 4 rings (SSSR count). The molecule has 0 saturated carbocycles. The maximum Gasteiger partial charge on any atom is 0.290 e. The normalized spacial score (nSPS) is 11.1. The molecule has 0 unspecified atom stereocenters. The third kappa shape index (κ3) is 4.92. The van der Waals surface area contributed by atoms with Gasteiger partial charge in [0.1, 0.15) is 5.75 Å². The summed E-state index contributed by atoms with van der Waals surface area (Å²) in [5.41, 5.74) is 0.785. The molecule has 166 valence electrons. The smallest absolute Gasteiger partial charge is 0.290 e. The lowest BCUT2D eigenvalue weighted by atomic mass is 10.3. The molecule has 0 bridgehead atoms. The minimum atomic E-state index is -0.592. The number of halogens is 2. The van der Waals surface area contributed by atoms with E-state index in [9.17, 15) is 9.90 Å². The highest BCUT2D eigenvalue weighted by atomic mass is 127. The molecule has 0 saturated heterocycles. The number of ether oxygens (including phenoxy) is 1. The van der Waals surface area contributed by atoms with Crippen molar-refractivity contribution in [2.24, 2.45) is 10.2 Å². The topological polar surface area (TPSA) is 81.1 Å². The van der Waals surface area contributed by atoms with Gasteiger partial charge in [-0.05, 0) is 108 Å². The zero-order valence-corrected chi connectivity index (χ0v) is 21.7. The van der Waals surface area contributed by atoms with E-state index in [1.165, 1.54) is 9.13 Å². The molecule has 0 aliphatic heterocycles. The Hall–Kier alpha value is -2.83. The Labute approximate surface area is 216 Å². The average molecular weight is 635 g/mol. The molecule has 0 atom stereocenters. The van der Waals surface area contributed by atoms with Gasteiger partial charge in [0.25, 0.3) is 5.56 Å². The Balaban J connectivity index is 1.97. The van der Waals surface area contributed by atoms with Crippen LogP contribution in [-0.4, -0.2) is 21.4 Å². The molecule has 10 heteroatoms. The summed E-state index contributed by atoms with van der Waals surface area (Å²) in [7, 11) is 1.56. The van der Waals surface area contributed by atoms with E-state index in [4.69, 9.17) is 17.0 Å². The molecule has 0 fully saturated rings. The van der Waals surface area contributed by atoms with Crippen molar-refractivity contribution >= 4 is 62.1 Å². The zero-order valence-electron chi connectivity index (χ0n) is 17.1. The fourth-order valence-corrected chi connectivity index (χ4v) is 4.07. The largest absolute Gasteiger partial charge is 0.497 e. The van der Waals surface area contributed by atoms with E-state index < -0.39 is 11.4 Å². The average Bonchev–Trinajstić information content (AvgIpc) is 2.82. The van der Waals surface area contributed by atoms with E-state index in [1.54, 1.807) is 55.6 Å². The highest BCUT2D eigenvalue weighted by Gasteiger charge is 2.19. The van der Waals surface area contributed by atoms with Crippen LogP contribution in [0.1, 0.15) is 0 Å². The number of aromatic hydroxyl groups is 1. The predicted octanol–water partition coefficient (Wildman–Crippen LogP) is 6.85. The Kier molecular flexibility index (Phi) is 7.05. The van der Waals surface area contributed by atoms with Gasteiger partial charge in [0, 0.05) is 8.04 Å². The lowest BCUT2D eigenvalue weighted by Gasteiger charge is -2.16. The van der Waals surface area contributed by atoms with Gasteiger partial charge >= 0.3 is 0 Å². The first-order valence-electron chi connectivity index (χ1n) is 9.58. The number of nitrogens with zero attached hydrogens (tertiary/aromatic N) is 4. The van der Waals surface area contributed by atoms with Gasteiger partial charge in [-0.15, -0.1) is 5.11 Å². The molecule has 3 aromatic carbocycles. The second-order valence-electron chi connectivity index (χ2n) is 6.78. The summed E-state index contributed by atoms with van der Waals surface area (Å²) in [4.78, 5) is 13.4. The number of methoxy groups -OCH3 is 1. The number of benzene rings is 3. The highest BCUT2D eigenvalue weighted by Crippen LogP contribution is 2.30. The van der Waals surface area contributed by atoms with Crippen LogP contribution in [0.25, 0.3) is 11.4 Å². The molecule has 0 aliphatic rings. The molecule has 7 nitrogen and oxygen atoms in total. The maximum atomic E-state index is 13.4. The van der Waals surface area contributed by atoms with Crippen LogP contribution >= 0.6 is 50.7 Å². The van der Waals surface area contributed by atoms with Crippen LogP contribution < -0.4 is 10.3 Å². The molecule has 0 radical (unpaired) electrons. The van der Waals surface area contributed by atoms with Gasteiger partial charge in [-0.2, -0.15) is 5.11 Å². The molecule has 33 heavy (non-hydrogen) atoms. The third-order valence-corrected chi connectivity index (χ3v) is 6.33. The number of hydrogen-bond donors (Lipinski definition) is 1. The van der Waals surface area contributed by atoms with Crippen LogP contribution in [0, 0.1) is 8.34 Å². The van der Waals surface area contributed by atoms with Crippen LogP contribution in [0.3, 0.4) is 0 Å². The second kappa shape index (κ2) is 9.98. The van der Waals surface area contributed by atoms with Crippen LogP contribution in [-0.2, 0) is 0 Å². The third-order valence-electron chi connectivity index (χ3n) is 4.72. The Morgan fingerprint density at radius 3 is 2.09 bits per heavy atom. The molecule has 1 N–H and O–H groups in total. The zero-order chi connectivity index (χ0) is 23.5. The number of rotatable bonds is 5. The Morgan fingerprint density at radius 2 is 1.48 bits per heavy atom. The predicted molar refractivity (Wildman–Crippen MR) is 141 cm³/mol. The summed E-state index contributed by atoms with van der Waals surface area (Å²) in [6.07, 6.45) is 0. The van der Waals surface area contributed by atoms with E-state index in [1.807, 2.05) is 24.3 Å². The van der Waals surface area contributed by atoms with Crippen molar-refractivity contribution in [3.63, 3.8) is 0 Å². The summed E-state index contributed by atoms with van der Waals surface area (Å²) >= 11 is 11.2. The van der Waals surface area contributed by atoms with Crippen LogP contribution in [0.4, 0.5) is 11.4 Å². The number of hydrogen-bond acceptors (Lipinski definition) is 6. The van der Waals surface area contributed by atoms with Crippen LogP contribution in [0.15, 0.2) is 92.3 Å². The summed E-state index contributed by atoms with van der Waals surface area (Å²) in [6.45, 7) is 0. The van der Waals surface area contributed by atoms with Gasteiger partial charge in [0.2, 0.25) is 11.6 Å². The monoisotopic (exact) mass is 634 g/mol. The van der Waals surface area contributed by atoms with E-state index in [0.29, 0.717) is 22.8 Å². The lowest BCUT2D eigenvalue weighted by Crippen LogP contribution is -2.23. The quantitative estimate of drug-likeness (QED) is 0.148. The van der Waals surface area contributed by atoms with Gasteiger partial charge in [0.15, 0.2) is 4.77 Å². The first kappa shape index (κ1) is 23.3. The maximum absolute atomic E-state index is 13.4. The lowest BCUT2D eigenvalue weighted by molar-refractivity contribution is 0.414. The van der Waals surface area contributed by atoms with Crippen molar-refractivity contribution in [3.8, 4) is 23.0 Å². The summed E-state index contributed by atoms with van der Waals surface area (Å²) in [6, 6.07) is 21.3. The number of aromatic nitrogens is 2. The summed E-state index contributed by atoms with van der Waals surface area (Å²) < 4.78 is 9.91. The SMILES string of the molecule is COc1ccc(-n2c(=O)c(N=Nc3ccc(Br)cc3)c(O)n(-c3ccc(I)cc3)c2=S)cc1. The standard InChI is InChI=1S/C23H16BrIN4O3S/c1-32-19-12-10-18(11-13-19)29-22(31)20(27-26-16-6-2-14(24)3-7-16)21(30)28(23(29)33)17-8-4-15(25)5-9-17/h2-13,30H,1H3. The van der Waals surface area contributed by atoms with Gasteiger partial charge in [-0.1, -0.05) is 15.9 Å².